The number of piperazine rings is 1. The maximum absolute atomic E-state index is 12.5. The molecule has 4 heteroatoms. The number of hydrogen-bond acceptors (Lipinski definition) is 2. The van der Waals surface area contributed by atoms with Crippen molar-refractivity contribution in [3.8, 4) is 0 Å². The minimum Gasteiger partial charge on any atom is -0.343 e. The van der Waals surface area contributed by atoms with Crippen molar-refractivity contribution >= 4 is 11.8 Å². The van der Waals surface area contributed by atoms with Gasteiger partial charge in [-0.3, -0.25) is 9.59 Å². The lowest BCUT2D eigenvalue weighted by Gasteiger charge is -2.37. The van der Waals surface area contributed by atoms with E-state index in [9.17, 15) is 9.59 Å². The van der Waals surface area contributed by atoms with Crippen molar-refractivity contribution in [2.24, 2.45) is 17.8 Å². The molecule has 120 valence electrons. The van der Waals surface area contributed by atoms with Gasteiger partial charge < -0.3 is 10.2 Å². The van der Waals surface area contributed by atoms with E-state index in [0.717, 1.165) is 18.9 Å². The van der Waals surface area contributed by atoms with Crippen molar-refractivity contribution in [1.29, 1.82) is 0 Å². The second-order valence-electron chi connectivity index (χ2n) is 7.26. The normalized spacial score (nSPS) is 30.7. The number of rotatable bonds is 5. The molecule has 1 aliphatic carbocycles. The molecule has 2 fully saturated rings. The molecular weight excluding hydrogens is 264 g/mol. The molecule has 1 saturated heterocycles. The first-order valence-corrected chi connectivity index (χ1v) is 8.57. The van der Waals surface area contributed by atoms with E-state index < -0.39 is 0 Å². The summed E-state index contributed by atoms with van der Waals surface area (Å²) in [4.78, 5) is 26.2. The first kappa shape index (κ1) is 16.3. The molecule has 2 amide bonds. The maximum atomic E-state index is 12.5. The van der Waals surface area contributed by atoms with Gasteiger partial charge in [-0.25, -0.2) is 0 Å². The highest BCUT2D eigenvalue weighted by Gasteiger charge is 2.34. The summed E-state index contributed by atoms with van der Waals surface area (Å²) in [7, 11) is 0. The summed E-state index contributed by atoms with van der Waals surface area (Å²) in [6, 6.07) is -0.307. The fourth-order valence-corrected chi connectivity index (χ4v) is 3.69. The van der Waals surface area contributed by atoms with E-state index in [1.807, 2.05) is 4.90 Å². The molecular formula is C17H30N2O2. The first-order chi connectivity index (χ1) is 9.99. The zero-order valence-electron chi connectivity index (χ0n) is 13.7. The molecule has 1 aliphatic heterocycles. The second kappa shape index (κ2) is 7.28. The van der Waals surface area contributed by atoms with Crippen molar-refractivity contribution in [2.45, 2.75) is 65.3 Å². The molecule has 1 N–H and O–H groups in total. The van der Waals surface area contributed by atoms with Crippen LogP contribution in [0.4, 0.5) is 0 Å². The molecule has 0 aromatic carbocycles. The topological polar surface area (TPSA) is 49.4 Å². The highest BCUT2D eigenvalue weighted by molar-refractivity contribution is 5.94. The summed E-state index contributed by atoms with van der Waals surface area (Å²) in [6.45, 7) is 7.47. The highest BCUT2D eigenvalue weighted by Crippen LogP contribution is 2.31. The number of amides is 2. The van der Waals surface area contributed by atoms with Gasteiger partial charge in [0.15, 0.2) is 0 Å². The third-order valence-electron chi connectivity index (χ3n) is 5.01. The Balaban J connectivity index is 1.89. The smallest absolute Gasteiger partial charge is 0.245 e. The Morgan fingerprint density at radius 3 is 2.33 bits per heavy atom. The van der Waals surface area contributed by atoms with Crippen LogP contribution >= 0.6 is 0 Å². The molecule has 1 atom stereocenters. The fourth-order valence-electron chi connectivity index (χ4n) is 3.69. The Hall–Kier alpha value is -1.06. The molecule has 21 heavy (non-hydrogen) atoms. The van der Waals surface area contributed by atoms with Crippen molar-refractivity contribution in [3.63, 3.8) is 0 Å². The van der Waals surface area contributed by atoms with Crippen molar-refractivity contribution < 1.29 is 9.59 Å². The first-order valence-electron chi connectivity index (χ1n) is 8.57. The lowest BCUT2D eigenvalue weighted by Crippen LogP contribution is -2.59. The minimum absolute atomic E-state index is 0.00231. The standard InChI is InChI=1S/C17H30N2O2/c1-4-13-5-7-14(8-6-13)10-19-11-16(20)18-15(17(19)21)9-12(2)3/h12-15H,4-11H2,1-3H3,(H,18,20). The largest absolute Gasteiger partial charge is 0.343 e. The molecule has 4 nitrogen and oxygen atoms in total. The molecule has 1 saturated carbocycles. The number of nitrogens with zero attached hydrogens (tertiary/aromatic N) is 1. The van der Waals surface area contributed by atoms with Crippen LogP contribution in [0.25, 0.3) is 0 Å². The van der Waals surface area contributed by atoms with Crippen molar-refractivity contribution in [3.05, 3.63) is 0 Å². The van der Waals surface area contributed by atoms with Crippen LogP contribution in [0.3, 0.4) is 0 Å². The minimum atomic E-state index is -0.307. The van der Waals surface area contributed by atoms with E-state index in [1.54, 1.807) is 0 Å². The predicted molar refractivity (Wildman–Crippen MR) is 83.7 cm³/mol. The van der Waals surface area contributed by atoms with Crippen LogP contribution in [0.1, 0.15) is 59.3 Å². The van der Waals surface area contributed by atoms with Gasteiger partial charge in [0.1, 0.15) is 6.04 Å². The molecule has 0 bridgehead atoms. The van der Waals surface area contributed by atoms with Gasteiger partial charge in [0.25, 0.3) is 0 Å². The van der Waals surface area contributed by atoms with Crippen LogP contribution in [0.15, 0.2) is 0 Å². The van der Waals surface area contributed by atoms with Crippen molar-refractivity contribution in [1.82, 2.24) is 10.2 Å². The summed E-state index contributed by atoms with van der Waals surface area (Å²) in [5, 5.41) is 2.85. The van der Waals surface area contributed by atoms with E-state index in [4.69, 9.17) is 0 Å². The van der Waals surface area contributed by atoms with Crippen LogP contribution < -0.4 is 5.32 Å². The third-order valence-corrected chi connectivity index (χ3v) is 5.01. The van der Waals surface area contributed by atoms with Gasteiger partial charge in [0.05, 0.1) is 6.54 Å². The fraction of sp³-hybridized carbons (Fsp3) is 0.882. The van der Waals surface area contributed by atoms with Gasteiger partial charge >= 0.3 is 0 Å². The van der Waals surface area contributed by atoms with E-state index in [1.165, 1.54) is 32.1 Å². The van der Waals surface area contributed by atoms with Crippen LogP contribution in [0.5, 0.6) is 0 Å². The molecule has 1 heterocycles. The molecule has 0 aromatic rings. The van der Waals surface area contributed by atoms with Gasteiger partial charge in [0.2, 0.25) is 11.8 Å². The Kier molecular flexibility index (Phi) is 5.65. The number of carbonyl (C=O) groups is 2. The second-order valence-corrected chi connectivity index (χ2v) is 7.26. The lowest BCUT2D eigenvalue weighted by atomic mass is 9.80. The Morgan fingerprint density at radius 2 is 1.76 bits per heavy atom. The Morgan fingerprint density at radius 1 is 1.14 bits per heavy atom. The Bertz CT molecular complexity index is 373. The predicted octanol–water partition coefficient (Wildman–Crippen LogP) is 2.58. The van der Waals surface area contributed by atoms with Gasteiger partial charge in [-0.1, -0.05) is 40.0 Å². The molecule has 0 aromatic heterocycles. The number of nitrogens with one attached hydrogen (secondary N) is 1. The Labute approximate surface area is 128 Å². The summed E-state index contributed by atoms with van der Waals surface area (Å²) in [6.07, 6.45) is 6.99. The van der Waals surface area contributed by atoms with Crippen molar-refractivity contribution in [2.75, 3.05) is 13.1 Å². The number of hydrogen-bond donors (Lipinski definition) is 1. The molecule has 0 radical (unpaired) electrons. The summed E-state index contributed by atoms with van der Waals surface area (Å²) >= 11 is 0. The van der Waals surface area contributed by atoms with Crippen LogP contribution in [0, 0.1) is 17.8 Å². The molecule has 2 aliphatic rings. The zero-order valence-corrected chi connectivity index (χ0v) is 13.7. The van der Waals surface area contributed by atoms with Crippen LogP contribution in [0.2, 0.25) is 0 Å². The molecule has 1 unspecified atom stereocenters. The number of carbonyl (C=O) groups excluding carboxylic acids is 2. The maximum Gasteiger partial charge on any atom is 0.245 e. The van der Waals surface area contributed by atoms with E-state index >= 15 is 0 Å². The quantitative estimate of drug-likeness (QED) is 0.847. The SMILES string of the molecule is CCC1CCC(CN2CC(=O)NC(CC(C)C)C2=O)CC1. The summed E-state index contributed by atoms with van der Waals surface area (Å²) < 4.78 is 0. The van der Waals surface area contributed by atoms with Gasteiger partial charge in [-0.15, -0.1) is 0 Å². The van der Waals surface area contributed by atoms with Gasteiger partial charge in [-0.05, 0) is 37.0 Å². The third kappa shape index (κ3) is 4.45. The van der Waals surface area contributed by atoms with E-state index in [0.29, 0.717) is 11.8 Å². The van der Waals surface area contributed by atoms with Gasteiger partial charge in [-0.2, -0.15) is 0 Å². The summed E-state index contributed by atoms with van der Waals surface area (Å²) in [5.74, 6) is 2.00. The van der Waals surface area contributed by atoms with Gasteiger partial charge in [0, 0.05) is 6.54 Å². The average Bonchev–Trinajstić information content (AvgIpc) is 2.44. The monoisotopic (exact) mass is 294 g/mol. The highest BCUT2D eigenvalue weighted by atomic mass is 16.2. The summed E-state index contributed by atoms with van der Waals surface area (Å²) in [5.41, 5.74) is 0. The lowest BCUT2D eigenvalue weighted by molar-refractivity contribution is -0.145. The van der Waals surface area contributed by atoms with E-state index in [2.05, 4.69) is 26.1 Å². The average molecular weight is 294 g/mol. The van der Waals surface area contributed by atoms with Crippen LogP contribution in [-0.4, -0.2) is 35.8 Å². The molecule has 0 spiro atoms. The van der Waals surface area contributed by atoms with E-state index in [-0.39, 0.29) is 24.4 Å². The van der Waals surface area contributed by atoms with Crippen LogP contribution in [-0.2, 0) is 9.59 Å². The zero-order chi connectivity index (χ0) is 15.4. The molecule has 2 rings (SSSR count).